The van der Waals surface area contributed by atoms with Crippen LogP contribution in [0.15, 0.2) is 91.5 Å². The van der Waals surface area contributed by atoms with Crippen LogP contribution in [0, 0.1) is 11.6 Å². The van der Waals surface area contributed by atoms with Crippen LogP contribution in [-0.4, -0.2) is 45.8 Å². The first kappa shape index (κ1) is 28.4. The van der Waals surface area contributed by atoms with Crippen LogP contribution in [0.1, 0.15) is 16.7 Å². The van der Waals surface area contributed by atoms with Crippen LogP contribution in [-0.2, 0) is 18.7 Å². The van der Waals surface area contributed by atoms with Gasteiger partial charge in [-0.05, 0) is 41.5 Å². The molecule has 0 saturated heterocycles. The van der Waals surface area contributed by atoms with Crippen LogP contribution in [0.3, 0.4) is 0 Å². The van der Waals surface area contributed by atoms with Gasteiger partial charge in [-0.1, -0.05) is 54.1 Å². The lowest BCUT2D eigenvalue weighted by Gasteiger charge is -2.29. The topological polar surface area (TPSA) is 76.5 Å². The fourth-order valence-electron chi connectivity index (χ4n) is 4.24. The zero-order valence-corrected chi connectivity index (χ0v) is 22.1. The Morgan fingerprint density at radius 3 is 2.51 bits per heavy atom. The minimum absolute atomic E-state index is 0.0226. The van der Waals surface area contributed by atoms with Crippen molar-refractivity contribution in [2.75, 3.05) is 26.2 Å². The van der Waals surface area contributed by atoms with Crippen LogP contribution >= 0.6 is 11.6 Å². The highest BCUT2D eigenvalue weighted by Gasteiger charge is 2.34. The molecule has 0 saturated carbocycles. The summed E-state index contributed by atoms with van der Waals surface area (Å²) < 4.78 is 35.7. The lowest BCUT2D eigenvalue weighted by molar-refractivity contribution is -0.0271. The van der Waals surface area contributed by atoms with E-state index in [1.165, 1.54) is 12.4 Å². The summed E-state index contributed by atoms with van der Waals surface area (Å²) in [4.78, 5) is 6.20. The summed E-state index contributed by atoms with van der Waals surface area (Å²) in [7, 11) is 0. The minimum atomic E-state index is -1.76. The highest BCUT2D eigenvalue weighted by Crippen LogP contribution is 2.28. The standard InChI is InChI=1S/C30H31ClF2N4O2/c31-25-7-3-23(4-8-25)2-1-15-36(16-13-34)19-24-5-10-27(11-6-24)39-21-30(38,20-37-17-14-35-22-37)28-12-9-26(32)18-29(28)33/h1-12,14,17-18,22,38H,13,15-16,19-21,34H2/b2-1+. The number of benzene rings is 3. The molecule has 0 fully saturated rings. The molecule has 1 aromatic heterocycles. The average molecular weight is 553 g/mol. The Bertz CT molecular complexity index is 1350. The monoisotopic (exact) mass is 552 g/mol. The van der Waals surface area contributed by atoms with Crippen molar-refractivity contribution < 1.29 is 18.6 Å². The van der Waals surface area contributed by atoms with Crippen LogP contribution in [0.2, 0.25) is 5.02 Å². The number of aliphatic hydroxyl groups is 1. The van der Waals surface area contributed by atoms with Gasteiger partial charge in [0.1, 0.15) is 29.6 Å². The van der Waals surface area contributed by atoms with Gasteiger partial charge in [-0.2, -0.15) is 0 Å². The van der Waals surface area contributed by atoms with Crippen LogP contribution in [0.4, 0.5) is 8.78 Å². The quantitative estimate of drug-likeness (QED) is 0.237. The van der Waals surface area contributed by atoms with E-state index in [0.717, 1.165) is 36.3 Å². The van der Waals surface area contributed by atoms with Gasteiger partial charge in [-0.15, -0.1) is 0 Å². The van der Waals surface area contributed by atoms with E-state index in [1.54, 1.807) is 29.1 Å². The minimum Gasteiger partial charge on any atom is -0.490 e. The predicted molar refractivity (Wildman–Crippen MR) is 149 cm³/mol. The first-order valence-corrected chi connectivity index (χ1v) is 12.9. The number of rotatable bonds is 13. The van der Waals surface area contributed by atoms with Gasteiger partial charge in [0.25, 0.3) is 0 Å². The van der Waals surface area contributed by atoms with Crippen molar-refractivity contribution in [3.8, 4) is 5.75 Å². The van der Waals surface area contributed by atoms with Gasteiger partial charge < -0.3 is 20.1 Å². The zero-order valence-electron chi connectivity index (χ0n) is 21.4. The largest absolute Gasteiger partial charge is 0.490 e. The fraction of sp³-hybridized carbons (Fsp3) is 0.233. The van der Waals surface area contributed by atoms with Gasteiger partial charge in [0.05, 0.1) is 12.9 Å². The van der Waals surface area contributed by atoms with Crippen LogP contribution in [0.25, 0.3) is 6.08 Å². The van der Waals surface area contributed by atoms with E-state index < -0.39 is 17.2 Å². The molecule has 4 rings (SSSR count). The van der Waals surface area contributed by atoms with Gasteiger partial charge in [-0.25, -0.2) is 13.8 Å². The SMILES string of the molecule is NCCN(C/C=C/c1ccc(Cl)cc1)Cc1ccc(OCC(O)(Cn2ccnc2)c2ccc(F)cc2F)cc1. The highest BCUT2D eigenvalue weighted by molar-refractivity contribution is 6.30. The molecule has 4 aromatic rings. The fourth-order valence-corrected chi connectivity index (χ4v) is 4.36. The Labute approximate surface area is 231 Å². The van der Waals surface area contributed by atoms with E-state index in [-0.39, 0.29) is 18.7 Å². The lowest BCUT2D eigenvalue weighted by Crippen LogP contribution is -2.38. The molecule has 0 bridgehead atoms. The Morgan fingerprint density at radius 2 is 1.85 bits per heavy atom. The molecule has 1 heterocycles. The number of nitrogens with two attached hydrogens (primary N) is 1. The molecule has 0 aliphatic heterocycles. The van der Waals surface area contributed by atoms with Crippen molar-refractivity contribution in [2.24, 2.45) is 5.73 Å². The number of imidazole rings is 1. The zero-order chi connectivity index (χ0) is 27.7. The summed E-state index contributed by atoms with van der Waals surface area (Å²) in [6.45, 7) is 2.41. The summed E-state index contributed by atoms with van der Waals surface area (Å²) in [5.74, 6) is -1.05. The third kappa shape index (κ3) is 8.21. The molecular formula is C30H31ClF2N4O2. The average Bonchev–Trinajstić information content (AvgIpc) is 3.42. The van der Waals surface area contributed by atoms with Crippen molar-refractivity contribution in [2.45, 2.75) is 18.7 Å². The molecule has 0 spiro atoms. The predicted octanol–water partition coefficient (Wildman–Crippen LogP) is 5.26. The number of hydrogen-bond donors (Lipinski definition) is 2. The van der Waals surface area contributed by atoms with Crippen molar-refractivity contribution in [1.29, 1.82) is 0 Å². The van der Waals surface area contributed by atoms with E-state index in [1.807, 2.05) is 42.5 Å². The first-order valence-electron chi connectivity index (χ1n) is 12.5. The number of hydrogen-bond acceptors (Lipinski definition) is 5. The number of ether oxygens (including phenoxy) is 1. The molecule has 1 unspecified atom stereocenters. The molecule has 0 aliphatic carbocycles. The summed E-state index contributed by atoms with van der Waals surface area (Å²) >= 11 is 5.95. The maximum atomic E-state index is 14.6. The van der Waals surface area contributed by atoms with Gasteiger partial charge in [-0.3, -0.25) is 4.90 Å². The molecule has 0 radical (unpaired) electrons. The van der Waals surface area contributed by atoms with Crippen molar-refractivity contribution >= 4 is 17.7 Å². The highest BCUT2D eigenvalue weighted by atomic mass is 35.5. The third-order valence-corrected chi connectivity index (χ3v) is 6.48. The Kier molecular flexibility index (Phi) is 9.84. The molecule has 1 atom stereocenters. The van der Waals surface area contributed by atoms with Gasteiger partial charge in [0.2, 0.25) is 0 Å². The summed E-state index contributed by atoms with van der Waals surface area (Å²) in [6, 6.07) is 18.2. The van der Waals surface area contributed by atoms with E-state index in [2.05, 4.69) is 16.0 Å². The third-order valence-electron chi connectivity index (χ3n) is 6.23. The number of halogens is 3. The molecule has 39 heavy (non-hydrogen) atoms. The van der Waals surface area contributed by atoms with E-state index in [4.69, 9.17) is 22.1 Å². The molecule has 3 aromatic carbocycles. The number of aromatic nitrogens is 2. The summed E-state index contributed by atoms with van der Waals surface area (Å²) in [5.41, 5.74) is 6.14. The van der Waals surface area contributed by atoms with Crippen LogP contribution in [0.5, 0.6) is 5.75 Å². The molecule has 0 aliphatic rings. The van der Waals surface area contributed by atoms with Gasteiger partial charge in [0.15, 0.2) is 0 Å². The molecular weight excluding hydrogens is 522 g/mol. The first-order chi connectivity index (χ1) is 18.8. The summed E-state index contributed by atoms with van der Waals surface area (Å²) in [6.07, 6.45) is 8.86. The Hall–Kier alpha value is -3.56. The molecule has 204 valence electrons. The molecule has 3 N–H and O–H groups in total. The second-order valence-electron chi connectivity index (χ2n) is 9.30. The second kappa shape index (κ2) is 13.5. The van der Waals surface area contributed by atoms with Crippen LogP contribution < -0.4 is 10.5 Å². The summed E-state index contributed by atoms with van der Waals surface area (Å²) in [5, 5.41) is 12.1. The normalized spacial score (nSPS) is 13.2. The van der Waals surface area contributed by atoms with E-state index in [9.17, 15) is 13.9 Å². The Morgan fingerprint density at radius 1 is 1.08 bits per heavy atom. The van der Waals surface area contributed by atoms with E-state index in [0.29, 0.717) is 23.9 Å². The maximum Gasteiger partial charge on any atom is 0.144 e. The van der Waals surface area contributed by atoms with Gasteiger partial charge >= 0.3 is 0 Å². The Balaban J connectivity index is 1.40. The maximum absolute atomic E-state index is 14.6. The smallest absolute Gasteiger partial charge is 0.144 e. The molecule has 0 amide bonds. The molecule has 6 nitrogen and oxygen atoms in total. The second-order valence-corrected chi connectivity index (χ2v) is 9.74. The van der Waals surface area contributed by atoms with Crippen molar-refractivity contribution in [1.82, 2.24) is 14.5 Å². The number of nitrogens with zero attached hydrogens (tertiary/aromatic N) is 3. The van der Waals surface area contributed by atoms with Crippen molar-refractivity contribution in [3.63, 3.8) is 0 Å². The van der Waals surface area contributed by atoms with E-state index >= 15 is 0 Å². The lowest BCUT2D eigenvalue weighted by atomic mass is 9.93. The molecule has 9 heteroatoms. The van der Waals surface area contributed by atoms with Crippen molar-refractivity contribution in [3.05, 3.63) is 125 Å². The van der Waals surface area contributed by atoms with Gasteiger partial charge in [0, 0.05) is 55.2 Å².